The molecule has 0 aromatic heterocycles. The number of sulfonamides is 1. The molecule has 1 aromatic rings. The van der Waals surface area contributed by atoms with Crippen molar-refractivity contribution in [1.29, 1.82) is 0 Å². The van der Waals surface area contributed by atoms with Gasteiger partial charge in [-0.05, 0) is 42.5 Å². The molecule has 0 amide bonds. The Morgan fingerprint density at radius 2 is 1.89 bits per heavy atom. The van der Waals surface area contributed by atoms with Gasteiger partial charge in [0.25, 0.3) is 0 Å². The summed E-state index contributed by atoms with van der Waals surface area (Å²) in [6.45, 7) is 5.39. The summed E-state index contributed by atoms with van der Waals surface area (Å²) in [4.78, 5) is 0.323. The Kier molecular flexibility index (Phi) is 3.85. The number of nitrogens with one attached hydrogen (secondary N) is 1. The van der Waals surface area contributed by atoms with Gasteiger partial charge in [0.2, 0.25) is 10.0 Å². The molecule has 106 valence electrons. The summed E-state index contributed by atoms with van der Waals surface area (Å²) in [5.41, 5.74) is 3.23. The molecule has 0 bridgehead atoms. The Bertz CT molecular complexity index is 538. The second-order valence-corrected chi connectivity index (χ2v) is 7.71. The van der Waals surface area contributed by atoms with E-state index in [1.807, 2.05) is 0 Å². The topological polar surface area (TPSA) is 75.4 Å². The maximum atomic E-state index is 12.5. The van der Waals surface area contributed by atoms with Crippen molar-refractivity contribution in [1.82, 2.24) is 4.31 Å². The Morgan fingerprint density at radius 3 is 2.42 bits per heavy atom. The summed E-state index contributed by atoms with van der Waals surface area (Å²) in [5, 5.41) is 0. The lowest BCUT2D eigenvalue weighted by atomic mass is 9.85. The molecule has 1 aliphatic heterocycles. The molecule has 2 rings (SSSR count). The van der Waals surface area contributed by atoms with E-state index in [2.05, 4.69) is 19.3 Å². The van der Waals surface area contributed by atoms with Gasteiger partial charge in [0.1, 0.15) is 0 Å². The van der Waals surface area contributed by atoms with Crippen LogP contribution in [0.25, 0.3) is 0 Å². The van der Waals surface area contributed by atoms with Crippen LogP contribution in [0.4, 0.5) is 5.69 Å². The number of anilines is 1. The molecule has 1 heterocycles. The maximum Gasteiger partial charge on any atom is 0.243 e. The lowest BCUT2D eigenvalue weighted by Crippen LogP contribution is -2.43. The largest absolute Gasteiger partial charge is 0.324 e. The molecular formula is C13H21N3O2S. The van der Waals surface area contributed by atoms with Gasteiger partial charge in [0.05, 0.1) is 4.90 Å². The van der Waals surface area contributed by atoms with Gasteiger partial charge in [0, 0.05) is 18.8 Å². The van der Waals surface area contributed by atoms with E-state index in [9.17, 15) is 8.42 Å². The summed E-state index contributed by atoms with van der Waals surface area (Å²) >= 11 is 0. The Labute approximate surface area is 114 Å². The minimum Gasteiger partial charge on any atom is -0.324 e. The van der Waals surface area contributed by atoms with Gasteiger partial charge in [-0.15, -0.1) is 0 Å². The van der Waals surface area contributed by atoms with Crippen LogP contribution >= 0.6 is 0 Å². The van der Waals surface area contributed by atoms with Crippen molar-refractivity contribution in [3.8, 4) is 0 Å². The van der Waals surface area contributed by atoms with Gasteiger partial charge in [-0.1, -0.05) is 13.8 Å². The SMILES string of the molecule is CC1(C)CCCN(S(=O)(=O)c2ccc(NN)cc2)C1. The van der Waals surface area contributed by atoms with E-state index in [-0.39, 0.29) is 5.41 Å². The van der Waals surface area contributed by atoms with Crippen LogP contribution in [0.1, 0.15) is 26.7 Å². The van der Waals surface area contributed by atoms with E-state index in [1.165, 1.54) is 0 Å². The van der Waals surface area contributed by atoms with Crippen molar-refractivity contribution < 1.29 is 8.42 Å². The minimum absolute atomic E-state index is 0.0457. The smallest absolute Gasteiger partial charge is 0.243 e. The zero-order valence-corrected chi connectivity index (χ0v) is 12.2. The number of nitrogen functional groups attached to an aromatic ring is 1. The van der Waals surface area contributed by atoms with E-state index in [1.54, 1.807) is 28.6 Å². The van der Waals surface area contributed by atoms with Crippen LogP contribution in [0.5, 0.6) is 0 Å². The molecule has 0 aliphatic carbocycles. The van der Waals surface area contributed by atoms with Crippen LogP contribution < -0.4 is 11.3 Å². The summed E-state index contributed by atoms with van der Waals surface area (Å²) < 4.78 is 26.7. The summed E-state index contributed by atoms with van der Waals surface area (Å²) in [6, 6.07) is 6.52. The van der Waals surface area contributed by atoms with Crippen LogP contribution in [-0.4, -0.2) is 25.8 Å². The first kappa shape index (κ1) is 14.3. The molecule has 6 heteroatoms. The van der Waals surface area contributed by atoms with Crippen molar-refractivity contribution in [3.63, 3.8) is 0 Å². The number of piperidine rings is 1. The fourth-order valence-electron chi connectivity index (χ4n) is 2.45. The molecule has 0 atom stereocenters. The third-order valence-corrected chi connectivity index (χ3v) is 5.38. The molecule has 0 radical (unpaired) electrons. The van der Waals surface area contributed by atoms with Crippen LogP contribution in [0.2, 0.25) is 0 Å². The molecule has 0 saturated carbocycles. The fourth-order valence-corrected chi connectivity index (χ4v) is 4.11. The number of benzene rings is 1. The van der Waals surface area contributed by atoms with Gasteiger partial charge < -0.3 is 5.43 Å². The van der Waals surface area contributed by atoms with E-state index >= 15 is 0 Å². The molecule has 0 unspecified atom stereocenters. The molecule has 3 N–H and O–H groups in total. The van der Waals surface area contributed by atoms with Crippen LogP contribution in [0, 0.1) is 5.41 Å². The minimum atomic E-state index is -3.39. The number of hydrazine groups is 1. The van der Waals surface area contributed by atoms with E-state index < -0.39 is 10.0 Å². The lowest BCUT2D eigenvalue weighted by Gasteiger charge is -2.37. The summed E-state index contributed by atoms with van der Waals surface area (Å²) in [6.07, 6.45) is 1.98. The quantitative estimate of drug-likeness (QED) is 0.655. The molecule has 0 spiro atoms. The fraction of sp³-hybridized carbons (Fsp3) is 0.538. The normalized spacial score (nSPS) is 20.2. The standard InChI is InChI=1S/C13H21N3O2S/c1-13(2)8-3-9-16(10-13)19(17,18)12-6-4-11(15-14)5-7-12/h4-7,15H,3,8-10,14H2,1-2H3. The van der Waals surface area contributed by atoms with Crippen LogP contribution in [-0.2, 0) is 10.0 Å². The number of nitrogens with two attached hydrogens (primary N) is 1. The van der Waals surface area contributed by atoms with Gasteiger partial charge in [-0.25, -0.2) is 8.42 Å². The Balaban J connectivity index is 2.26. The van der Waals surface area contributed by atoms with Crippen molar-refractivity contribution in [2.24, 2.45) is 11.3 Å². The predicted molar refractivity (Wildman–Crippen MR) is 76.0 cm³/mol. The average molecular weight is 283 g/mol. The van der Waals surface area contributed by atoms with Crippen molar-refractivity contribution >= 4 is 15.7 Å². The van der Waals surface area contributed by atoms with Crippen molar-refractivity contribution in [2.45, 2.75) is 31.6 Å². The highest BCUT2D eigenvalue weighted by atomic mass is 32.2. The third kappa shape index (κ3) is 3.08. The Morgan fingerprint density at radius 1 is 1.26 bits per heavy atom. The summed E-state index contributed by atoms with van der Waals surface area (Å²) in [7, 11) is -3.39. The zero-order chi connectivity index (χ0) is 14.1. The zero-order valence-electron chi connectivity index (χ0n) is 11.4. The molecule has 1 aliphatic rings. The van der Waals surface area contributed by atoms with Crippen molar-refractivity contribution in [3.05, 3.63) is 24.3 Å². The predicted octanol–water partition coefficient (Wildman–Crippen LogP) is 1.78. The number of nitrogens with zero attached hydrogens (tertiary/aromatic N) is 1. The highest BCUT2D eigenvalue weighted by Gasteiger charge is 2.33. The van der Waals surface area contributed by atoms with Crippen LogP contribution in [0.15, 0.2) is 29.2 Å². The van der Waals surface area contributed by atoms with E-state index in [0.717, 1.165) is 12.8 Å². The average Bonchev–Trinajstić information content (AvgIpc) is 2.37. The molecule has 1 fully saturated rings. The third-order valence-electron chi connectivity index (χ3n) is 3.52. The monoisotopic (exact) mass is 283 g/mol. The number of rotatable bonds is 3. The van der Waals surface area contributed by atoms with Crippen molar-refractivity contribution in [2.75, 3.05) is 18.5 Å². The number of hydrogen-bond donors (Lipinski definition) is 2. The Hall–Kier alpha value is -1.11. The van der Waals surface area contributed by atoms with Gasteiger partial charge in [-0.2, -0.15) is 4.31 Å². The first-order valence-electron chi connectivity index (χ1n) is 6.42. The highest BCUT2D eigenvalue weighted by Crippen LogP contribution is 2.31. The highest BCUT2D eigenvalue weighted by molar-refractivity contribution is 7.89. The molecule has 1 aromatic carbocycles. The lowest BCUT2D eigenvalue weighted by molar-refractivity contribution is 0.187. The first-order chi connectivity index (χ1) is 8.85. The van der Waals surface area contributed by atoms with Crippen LogP contribution in [0.3, 0.4) is 0 Å². The number of hydrogen-bond acceptors (Lipinski definition) is 4. The maximum absolute atomic E-state index is 12.5. The van der Waals surface area contributed by atoms with E-state index in [4.69, 9.17) is 5.84 Å². The second-order valence-electron chi connectivity index (χ2n) is 5.78. The van der Waals surface area contributed by atoms with E-state index in [0.29, 0.717) is 23.7 Å². The molecule has 5 nitrogen and oxygen atoms in total. The van der Waals surface area contributed by atoms with Gasteiger partial charge in [0.15, 0.2) is 0 Å². The summed E-state index contributed by atoms with van der Waals surface area (Å²) in [5.74, 6) is 5.28. The molecular weight excluding hydrogens is 262 g/mol. The molecule has 19 heavy (non-hydrogen) atoms. The van der Waals surface area contributed by atoms with Gasteiger partial charge in [-0.3, -0.25) is 5.84 Å². The van der Waals surface area contributed by atoms with Gasteiger partial charge >= 0.3 is 0 Å². The second kappa shape index (κ2) is 5.11. The first-order valence-corrected chi connectivity index (χ1v) is 7.86. The molecule has 1 saturated heterocycles.